The van der Waals surface area contributed by atoms with E-state index in [9.17, 15) is 0 Å². The third kappa shape index (κ3) is 6.85. The second-order valence-corrected chi connectivity index (χ2v) is 9.71. The summed E-state index contributed by atoms with van der Waals surface area (Å²) in [4.78, 5) is 0. The van der Waals surface area contributed by atoms with E-state index in [2.05, 4.69) is 31.5 Å². The van der Waals surface area contributed by atoms with Crippen molar-refractivity contribution in [1.82, 2.24) is 0 Å². The summed E-state index contributed by atoms with van der Waals surface area (Å²) in [6.45, 7) is 8.42. The highest BCUT2D eigenvalue weighted by molar-refractivity contribution is 6.70. The van der Waals surface area contributed by atoms with E-state index in [1.54, 1.807) is 7.11 Å². The summed E-state index contributed by atoms with van der Waals surface area (Å²) in [6.07, 6.45) is 1.69. The first kappa shape index (κ1) is 15.6. The molecule has 102 valence electrons. The molecule has 0 fully saturated rings. The Morgan fingerprint density at radius 1 is 1.21 bits per heavy atom. The molecule has 0 aliphatic rings. The van der Waals surface area contributed by atoms with Crippen LogP contribution in [0.15, 0.2) is 42.2 Å². The zero-order valence-electron chi connectivity index (χ0n) is 12.4. The van der Waals surface area contributed by atoms with Crippen LogP contribution in [-0.4, -0.2) is 21.5 Å². The van der Waals surface area contributed by atoms with Crippen LogP contribution in [0.5, 0.6) is 0 Å². The van der Waals surface area contributed by atoms with Crippen LogP contribution in [0.2, 0.25) is 19.6 Å². The van der Waals surface area contributed by atoms with Crippen LogP contribution in [0.25, 0.3) is 0 Å². The van der Waals surface area contributed by atoms with E-state index in [4.69, 9.17) is 9.16 Å². The first-order chi connectivity index (χ1) is 8.90. The molecule has 2 nitrogen and oxygen atoms in total. The largest absolute Gasteiger partial charge is 0.548 e. The molecule has 0 radical (unpaired) electrons. The molecule has 0 N–H and O–H groups in total. The van der Waals surface area contributed by atoms with Crippen molar-refractivity contribution in [1.29, 1.82) is 0 Å². The van der Waals surface area contributed by atoms with Crippen molar-refractivity contribution in [2.45, 2.75) is 32.7 Å². The zero-order chi connectivity index (χ0) is 14.3. The van der Waals surface area contributed by atoms with Crippen LogP contribution in [0.3, 0.4) is 0 Å². The minimum Gasteiger partial charge on any atom is -0.548 e. The lowest BCUT2D eigenvalue weighted by Crippen LogP contribution is -2.24. The van der Waals surface area contributed by atoms with E-state index in [1.807, 2.05) is 43.3 Å². The molecule has 1 unspecified atom stereocenters. The van der Waals surface area contributed by atoms with Gasteiger partial charge in [0.05, 0.1) is 5.76 Å². The summed E-state index contributed by atoms with van der Waals surface area (Å²) >= 11 is 0. The molecule has 3 heteroatoms. The van der Waals surface area contributed by atoms with Gasteiger partial charge in [-0.15, -0.1) is 0 Å². The van der Waals surface area contributed by atoms with Gasteiger partial charge in [0.2, 0.25) is 8.32 Å². The third-order valence-corrected chi connectivity index (χ3v) is 3.17. The van der Waals surface area contributed by atoms with Crippen molar-refractivity contribution in [2.75, 3.05) is 7.11 Å². The third-order valence-electron chi connectivity index (χ3n) is 2.24. The lowest BCUT2D eigenvalue weighted by Gasteiger charge is -2.20. The molecule has 0 saturated carbocycles. The number of allylic oxidation sites excluding steroid dienone is 1. The monoisotopic (exact) mass is 274 g/mol. The van der Waals surface area contributed by atoms with E-state index in [-0.39, 0.29) is 6.10 Å². The van der Waals surface area contributed by atoms with Crippen molar-refractivity contribution >= 4 is 8.32 Å². The van der Waals surface area contributed by atoms with Gasteiger partial charge in [0.15, 0.2) is 0 Å². The molecule has 1 atom stereocenters. The Kier molecular flexibility index (Phi) is 5.87. The van der Waals surface area contributed by atoms with E-state index < -0.39 is 8.32 Å². The molecule has 0 heterocycles. The lowest BCUT2D eigenvalue weighted by molar-refractivity contribution is 0.181. The number of benzene rings is 1. The fraction of sp³-hybridized carbons (Fsp3) is 0.375. The molecule has 0 spiro atoms. The summed E-state index contributed by atoms with van der Waals surface area (Å²) in [5.74, 6) is 7.07. The predicted molar refractivity (Wildman–Crippen MR) is 82.3 cm³/mol. The molecule has 0 aliphatic heterocycles. The Hall–Kier alpha value is -1.50. The highest BCUT2D eigenvalue weighted by Crippen LogP contribution is 2.11. The van der Waals surface area contributed by atoms with Gasteiger partial charge in [0.25, 0.3) is 0 Å². The fourth-order valence-corrected chi connectivity index (χ4v) is 2.61. The van der Waals surface area contributed by atoms with Gasteiger partial charge in [0, 0.05) is 12.7 Å². The fourth-order valence-electron chi connectivity index (χ4n) is 1.57. The quantitative estimate of drug-likeness (QED) is 0.472. The van der Waals surface area contributed by atoms with Gasteiger partial charge in [-0.1, -0.05) is 30.0 Å². The summed E-state index contributed by atoms with van der Waals surface area (Å²) < 4.78 is 11.2. The average Bonchev–Trinajstić information content (AvgIpc) is 2.33. The Morgan fingerprint density at radius 2 is 1.84 bits per heavy atom. The Labute approximate surface area is 117 Å². The molecule has 0 bridgehead atoms. The average molecular weight is 274 g/mol. The summed E-state index contributed by atoms with van der Waals surface area (Å²) in [7, 11) is 0.0966. The number of ether oxygens (including phenoxy) is 1. The van der Waals surface area contributed by atoms with E-state index in [0.717, 1.165) is 11.3 Å². The Balaban J connectivity index is 2.75. The second-order valence-electron chi connectivity index (χ2n) is 5.28. The van der Waals surface area contributed by atoms with Crippen molar-refractivity contribution < 1.29 is 9.16 Å². The maximum Gasteiger partial charge on any atom is 0.241 e. The first-order valence-electron chi connectivity index (χ1n) is 6.37. The SMILES string of the molecule is COC(C#Cc1ccccc1)/C=C(\C)O[Si](C)(C)C. The van der Waals surface area contributed by atoms with Gasteiger partial charge in [-0.2, -0.15) is 0 Å². The lowest BCUT2D eigenvalue weighted by atomic mass is 10.2. The standard InChI is InChI=1S/C16H22O2Si/c1-14(18-19(3,4)5)13-16(17-2)12-11-15-9-7-6-8-10-15/h6-10,13,16H,1-5H3/b14-13+. The van der Waals surface area contributed by atoms with Crippen LogP contribution in [-0.2, 0) is 9.16 Å². The van der Waals surface area contributed by atoms with Gasteiger partial charge in [-0.05, 0) is 44.8 Å². The molecular formula is C16H22O2Si. The maximum absolute atomic E-state index is 5.87. The zero-order valence-corrected chi connectivity index (χ0v) is 13.4. The van der Waals surface area contributed by atoms with E-state index in [0.29, 0.717) is 0 Å². The van der Waals surface area contributed by atoms with Gasteiger partial charge >= 0.3 is 0 Å². The van der Waals surface area contributed by atoms with Crippen molar-refractivity contribution in [2.24, 2.45) is 0 Å². The van der Waals surface area contributed by atoms with Crippen molar-refractivity contribution in [3.63, 3.8) is 0 Å². The van der Waals surface area contributed by atoms with Gasteiger partial charge in [-0.25, -0.2) is 0 Å². The molecule has 0 saturated heterocycles. The predicted octanol–water partition coefficient (Wildman–Crippen LogP) is 3.81. The minimum absolute atomic E-state index is 0.239. The van der Waals surface area contributed by atoms with Gasteiger partial charge < -0.3 is 9.16 Å². The summed E-state index contributed by atoms with van der Waals surface area (Å²) in [5, 5.41) is 0. The van der Waals surface area contributed by atoms with E-state index >= 15 is 0 Å². The van der Waals surface area contributed by atoms with Crippen LogP contribution >= 0.6 is 0 Å². The maximum atomic E-state index is 5.87. The van der Waals surface area contributed by atoms with Crippen LogP contribution in [0.4, 0.5) is 0 Å². The molecule has 1 aromatic carbocycles. The van der Waals surface area contributed by atoms with E-state index in [1.165, 1.54) is 0 Å². The molecule has 0 amide bonds. The highest BCUT2D eigenvalue weighted by Gasteiger charge is 2.16. The number of hydrogen-bond acceptors (Lipinski definition) is 2. The Bertz CT molecular complexity index is 475. The second kappa shape index (κ2) is 7.18. The molecular weight excluding hydrogens is 252 g/mol. The molecule has 19 heavy (non-hydrogen) atoms. The molecule has 0 aromatic heterocycles. The minimum atomic E-state index is -1.56. The number of hydrogen-bond donors (Lipinski definition) is 0. The van der Waals surface area contributed by atoms with Gasteiger partial charge in [-0.3, -0.25) is 0 Å². The summed E-state index contributed by atoms with van der Waals surface area (Å²) in [6, 6.07) is 9.89. The molecule has 1 aromatic rings. The van der Waals surface area contributed by atoms with Crippen LogP contribution in [0.1, 0.15) is 12.5 Å². The normalized spacial score (nSPS) is 13.4. The van der Waals surface area contributed by atoms with Crippen LogP contribution < -0.4 is 0 Å². The van der Waals surface area contributed by atoms with Gasteiger partial charge in [0.1, 0.15) is 6.10 Å². The topological polar surface area (TPSA) is 18.5 Å². The first-order valence-corrected chi connectivity index (χ1v) is 9.78. The number of rotatable bonds is 4. The van der Waals surface area contributed by atoms with Crippen LogP contribution in [0, 0.1) is 11.8 Å². The Morgan fingerprint density at radius 3 is 2.37 bits per heavy atom. The van der Waals surface area contributed by atoms with Crippen molar-refractivity contribution in [3.8, 4) is 11.8 Å². The summed E-state index contributed by atoms with van der Waals surface area (Å²) in [5.41, 5.74) is 0.988. The number of methoxy groups -OCH3 is 1. The molecule has 0 aliphatic carbocycles. The highest BCUT2D eigenvalue weighted by atomic mass is 28.4. The van der Waals surface area contributed by atoms with Crippen molar-refractivity contribution in [3.05, 3.63) is 47.7 Å². The smallest absolute Gasteiger partial charge is 0.241 e. The molecule has 1 rings (SSSR count).